The molecule has 4 aliphatic rings. The van der Waals surface area contributed by atoms with Crippen molar-refractivity contribution in [2.24, 2.45) is 5.92 Å². The number of likely N-dealkylation sites (tertiary alicyclic amines) is 1. The van der Waals surface area contributed by atoms with Crippen molar-refractivity contribution in [1.29, 1.82) is 0 Å². The van der Waals surface area contributed by atoms with Crippen molar-refractivity contribution in [2.45, 2.75) is 56.7 Å². The second-order valence-corrected chi connectivity index (χ2v) is 9.56. The van der Waals surface area contributed by atoms with Gasteiger partial charge in [0.2, 0.25) is 5.91 Å². The zero-order chi connectivity index (χ0) is 21.5. The zero-order valence-corrected chi connectivity index (χ0v) is 18.3. The minimum Gasteiger partial charge on any atom is -0.449 e. The summed E-state index contributed by atoms with van der Waals surface area (Å²) < 4.78 is 5.13. The summed E-state index contributed by atoms with van der Waals surface area (Å²) in [6.07, 6.45) is 5.43. The molecular formula is C23H28ClN3O4. The van der Waals surface area contributed by atoms with Gasteiger partial charge in [-0.15, -0.1) is 0 Å². The summed E-state index contributed by atoms with van der Waals surface area (Å²) in [6, 6.07) is 6.67. The third-order valence-corrected chi connectivity index (χ3v) is 7.62. The summed E-state index contributed by atoms with van der Waals surface area (Å²) >= 11 is 6.14. The second-order valence-electron chi connectivity index (χ2n) is 9.12. The van der Waals surface area contributed by atoms with Crippen LogP contribution in [0.15, 0.2) is 24.3 Å². The number of cyclic esters (lactones) is 1. The van der Waals surface area contributed by atoms with Gasteiger partial charge in [-0.1, -0.05) is 30.5 Å². The maximum absolute atomic E-state index is 13.7. The highest BCUT2D eigenvalue weighted by Crippen LogP contribution is 2.41. The van der Waals surface area contributed by atoms with Crippen LogP contribution < -0.4 is 0 Å². The van der Waals surface area contributed by atoms with Gasteiger partial charge in [-0.25, -0.2) is 4.79 Å². The predicted molar refractivity (Wildman–Crippen MR) is 115 cm³/mol. The molecule has 1 aromatic rings. The molecule has 31 heavy (non-hydrogen) atoms. The number of carbonyl (C=O) groups is 3. The topological polar surface area (TPSA) is 70.2 Å². The number of benzene rings is 1. The molecule has 166 valence electrons. The van der Waals surface area contributed by atoms with Crippen LogP contribution in [0, 0.1) is 5.92 Å². The SMILES string of the molecule is O=C([C@@H]1C[C@@H]2CCCC[C@@H]2N1C(=O)c1cccc(Cl)c1)N1CCN2C(=O)OCCC2C1. The number of piperazine rings is 1. The Balaban J connectivity index is 1.39. The lowest BCUT2D eigenvalue weighted by molar-refractivity contribution is -0.139. The van der Waals surface area contributed by atoms with E-state index >= 15 is 0 Å². The van der Waals surface area contributed by atoms with E-state index in [4.69, 9.17) is 16.3 Å². The van der Waals surface area contributed by atoms with Gasteiger partial charge in [-0.3, -0.25) is 9.59 Å². The van der Waals surface area contributed by atoms with E-state index in [1.54, 1.807) is 29.2 Å². The van der Waals surface area contributed by atoms with E-state index in [1.807, 2.05) is 9.80 Å². The van der Waals surface area contributed by atoms with Crippen molar-refractivity contribution in [3.8, 4) is 0 Å². The lowest BCUT2D eigenvalue weighted by Crippen LogP contribution is -2.61. The Labute approximate surface area is 187 Å². The summed E-state index contributed by atoms with van der Waals surface area (Å²) in [5.74, 6) is 0.287. The van der Waals surface area contributed by atoms with Crippen molar-refractivity contribution in [1.82, 2.24) is 14.7 Å². The van der Waals surface area contributed by atoms with E-state index in [0.29, 0.717) is 42.7 Å². The number of hydrogen-bond acceptors (Lipinski definition) is 4. The van der Waals surface area contributed by atoms with E-state index in [-0.39, 0.29) is 30.0 Å². The van der Waals surface area contributed by atoms with E-state index in [0.717, 1.165) is 38.5 Å². The molecule has 0 bridgehead atoms. The van der Waals surface area contributed by atoms with E-state index in [1.165, 1.54) is 0 Å². The van der Waals surface area contributed by atoms with Crippen LogP contribution in [-0.4, -0.2) is 77.0 Å². The molecule has 3 saturated heterocycles. The molecule has 1 aliphatic carbocycles. The Morgan fingerprint density at radius 2 is 1.94 bits per heavy atom. The predicted octanol–water partition coefficient (Wildman–Crippen LogP) is 3.17. The van der Waals surface area contributed by atoms with Gasteiger partial charge < -0.3 is 19.4 Å². The molecule has 1 unspecified atom stereocenters. The average molecular weight is 446 g/mol. The van der Waals surface area contributed by atoms with Crippen LogP contribution in [0.4, 0.5) is 4.79 Å². The molecule has 3 aliphatic heterocycles. The fraction of sp³-hybridized carbons (Fsp3) is 0.609. The molecule has 3 heterocycles. The third kappa shape index (κ3) is 3.77. The monoisotopic (exact) mass is 445 g/mol. The molecule has 0 radical (unpaired) electrons. The number of nitrogens with zero attached hydrogens (tertiary/aromatic N) is 3. The fourth-order valence-corrected chi connectivity index (χ4v) is 6.05. The van der Waals surface area contributed by atoms with Gasteiger partial charge in [0.25, 0.3) is 5.91 Å². The van der Waals surface area contributed by atoms with Crippen LogP contribution in [0.1, 0.15) is 48.9 Å². The lowest BCUT2D eigenvalue weighted by Gasteiger charge is -2.44. The maximum Gasteiger partial charge on any atom is 0.410 e. The second kappa shape index (κ2) is 8.34. The molecule has 1 aromatic carbocycles. The van der Waals surface area contributed by atoms with Crippen LogP contribution >= 0.6 is 11.6 Å². The van der Waals surface area contributed by atoms with Gasteiger partial charge in [0.15, 0.2) is 0 Å². The number of halogens is 1. The molecule has 3 amide bonds. The summed E-state index contributed by atoms with van der Waals surface area (Å²) in [5, 5.41) is 0.522. The minimum atomic E-state index is -0.443. The Bertz CT molecular complexity index is 893. The first-order valence-electron chi connectivity index (χ1n) is 11.3. The number of carbonyl (C=O) groups excluding carboxylic acids is 3. The fourth-order valence-electron chi connectivity index (χ4n) is 5.86. The summed E-state index contributed by atoms with van der Waals surface area (Å²) in [6.45, 7) is 1.88. The Hall–Kier alpha value is -2.28. The molecule has 0 aromatic heterocycles. The summed E-state index contributed by atoms with van der Waals surface area (Å²) in [7, 11) is 0. The van der Waals surface area contributed by atoms with Crippen LogP contribution in [0.5, 0.6) is 0 Å². The molecule has 0 N–H and O–H groups in total. The summed E-state index contributed by atoms with van der Waals surface area (Å²) in [4.78, 5) is 44.7. The van der Waals surface area contributed by atoms with Crippen LogP contribution in [-0.2, 0) is 9.53 Å². The first kappa shape index (κ1) is 20.6. The van der Waals surface area contributed by atoms with Crippen LogP contribution in [0.25, 0.3) is 0 Å². The average Bonchev–Trinajstić information content (AvgIpc) is 3.17. The van der Waals surface area contributed by atoms with E-state index in [9.17, 15) is 14.4 Å². The standard InChI is InChI=1S/C23H28ClN3O4/c24-17-6-3-5-16(12-17)21(28)27-19-7-2-1-4-15(19)13-20(27)22(29)25-9-10-26-18(14-25)8-11-31-23(26)30/h3,5-6,12,15,18-20H,1-2,4,7-11,13-14H2/t15-,18?,19-,20-/m0/s1. The molecule has 1 saturated carbocycles. The third-order valence-electron chi connectivity index (χ3n) is 7.38. The van der Waals surface area contributed by atoms with Crippen molar-refractivity contribution >= 4 is 29.5 Å². The number of fused-ring (bicyclic) bond motifs is 2. The number of rotatable bonds is 2. The molecule has 4 fully saturated rings. The molecule has 8 heteroatoms. The first-order valence-corrected chi connectivity index (χ1v) is 11.7. The van der Waals surface area contributed by atoms with Gasteiger partial charge in [0.05, 0.1) is 12.6 Å². The van der Waals surface area contributed by atoms with Gasteiger partial charge in [-0.2, -0.15) is 0 Å². The summed E-state index contributed by atoms with van der Waals surface area (Å²) in [5.41, 5.74) is 0.538. The van der Waals surface area contributed by atoms with Gasteiger partial charge >= 0.3 is 6.09 Å². The smallest absolute Gasteiger partial charge is 0.410 e. The van der Waals surface area contributed by atoms with Crippen LogP contribution in [0.3, 0.4) is 0 Å². The number of amides is 3. The minimum absolute atomic E-state index is 0.000267. The van der Waals surface area contributed by atoms with Crippen molar-refractivity contribution < 1.29 is 19.1 Å². The molecular weight excluding hydrogens is 418 g/mol. The largest absolute Gasteiger partial charge is 0.449 e. The molecule has 5 rings (SSSR count). The molecule has 7 nitrogen and oxygen atoms in total. The maximum atomic E-state index is 13.7. The van der Waals surface area contributed by atoms with E-state index in [2.05, 4.69) is 0 Å². The van der Waals surface area contributed by atoms with Gasteiger partial charge in [0.1, 0.15) is 6.04 Å². The Morgan fingerprint density at radius 1 is 1.10 bits per heavy atom. The highest BCUT2D eigenvalue weighted by atomic mass is 35.5. The quantitative estimate of drug-likeness (QED) is 0.701. The zero-order valence-electron chi connectivity index (χ0n) is 17.5. The molecule has 4 atom stereocenters. The Kier molecular flexibility index (Phi) is 5.54. The first-order chi connectivity index (χ1) is 15.0. The van der Waals surface area contributed by atoms with Crippen molar-refractivity contribution in [2.75, 3.05) is 26.2 Å². The Morgan fingerprint density at radius 3 is 2.77 bits per heavy atom. The van der Waals surface area contributed by atoms with Crippen LogP contribution in [0.2, 0.25) is 5.02 Å². The highest BCUT2D eigenvalue weighted by molar-refractivity contribution is 6.31. The number of hydrogen-bond donors (Lipinski definition) is 0. The lowest BCUT2D eigenvalue weighted by atomic mass is 9.84. The van der Waals surface area contributed by atoms with E-state index < -0.39 is 6.04 Å². The highest BCUT2D eigenvalue weighted by Gasteiger charge is 2.49. The molecule has 0 spiro atoms. The van der Waals surface area contributed by atoms with Gasteiger partial charge in [-0.05, 0) is 43.4 Å². The normalized spacial score (nSPS) is 30.5. The number of ether oxygens (including phenoxy) is 1. The van der Waals surface area contributed by atoms with Gasteiger partial charge in [0, 0.05) is 42.7 Å². The van der Waals surface area contributed by atoms with Crippen molar-refractivity contribution in [3.63, 3.8) is 0 Å². The van der Waals surface area contributed by atoms with Crippen molar-refractivity contribution in [3.05, 3.63) is 34.9 Å².